The van der Waals surface area contributed by atoms with Crippen molar-refractivity contribution in [2.24, 2.45) is 0 Å². The average molecular weight is 339 g/mol. The maximum atomic E-state index is 11.5. The van der Waals surface area contributed by atoms with Gasteiger partial charge in [0.1, 0.15) is 5.75 Å². The monoisotopic (exact) mass is 339 g/mol. The van der Waals surface area contributed by atoms with E-state index in [1.807, 2.05) is 6.92 Å². The second kappa shape index (κ2) is 6.42. The Morgan fingerprint density at radius 2 is 2.09 bits per heavy atom. The zero-order valence-corrected chi connectivity index (χ0v) is 14.4. The molecule has 1 saturated heterocycles. The number of benzene rings is 1. The Hall–Kier alpha value is -1.11. The normalized spacial score (nSPS) is 25.9. The Kier molecular flexibility index (Phi) is 4.67. The largest absolute Gasteiger partial charge is 0.493 e. The van der Waals surface area contributed by atoms with Crippen molar-refractivity contribution in [3.05, 3.63) is 29.3 Å². The highest BCUT2D eigenvalue weighted by Crippen LogP contribution is 2.33. The number of ether oxygens (including phenoxy) is 1. The molecule has 0 amide bonds. The fourth-order valence-electron chi connectivity index (χ4n) is 3.30. The third kappa shape index (κ3) is 4.05. The van der Waals surface area contributed by atoms with E-state index in [-0.39, 0.29) is 17.5 Å². The van der Waals surface area contributed by atoms with Crippen LogP contribution in [0.5, 0.6) is 5.75 Å². The summed E-state index contributed by atoms with van der Waals surface area (Å²) in [7, 11) is -2.96. The second-order valence-electron chi connectivity index (χ2n) is 6.84. The van der Waals surface area contributed by atoms with Crippen molar-refractivity contribution >= 4 is 9.84 Å². The van der Waals surface area contributed by atoms with Crippen molar-refractivity contribution in [1.29, 1.82) is 0 Å². The number of aryl methyl sites for hydroxylation is 1. The van der Waals surface area contributed by atoms with Crippen LogP contribution in [0, 0.1) is 6.92 Å². The molecule has 0 aromatic heterocycles. The zero-order chi connectivity index (χ0) is 16.5. The van der Waals surface area contributed by atoms with Crippen LogP contribution in [0.3, 0.4) is 0 Å². The van der Waals surface area contributed by atoms with E-state index in [0.717, 1.165) is 24.2 Å². The van der Waals surface area contributed by atoms with Gasteiger partial charge in [0.15, 0.2) is 9.84 Å². The molecule has 6 heteroatoms. The zero-order valence-electron chi connectivity index (χ0n) is 13.5. The van der Waals surface area contributed by atoms with E-state index in [1.165, 1.54) is 5.56 Å². The molecule has 5 nitrogen and oxygen atoms in total. The van der Waals surface area contributed by atoms with Crippen molar-refractivity contribution in [1.82, 2.24) is 5.32 Å². The average Bonchev–Trinajstić information content (AvgIpc) is 2.71. The Morgan fingerprint density at radius 1 is 1.35 bits per heavy atom. The van der Waals surface area contributed by atoms with Gasteiger partial charge >= 0.3 is 0 Å². The van der Waals surface area contributed by atoms with Gasteiger partial charge < -0.3 is 15.2 Å². The van der Waals surface area contributed by atoms with Crippen molar-refractivity contribution < 1.29 is 18.3 Å². The van der Waals surface area contributed by atoms with Crippen molar-refractivity contribution in [2.45, 2.75) is 44.2 Å². The van der Waals surface area contributed by atoms with Crippen LogP contribution in [0.1, 0.15) is 42.9 Å². The molecule has 1 unspecified atom stereocenters. The van der Waals surface area contributed by atoms with E-state index < -0.39 is 15.4 Å². The van der Waals surface area contributed by atoms with Crippen LogP contribution in [0.25, 0.3) is 0 Å². The smallest absolute Gasteiger partial charge is 0.150 e. The van der Waals surface area contributed by atoms with E-state index in [0.29, 0.717) is 26.0 Å². The number of fused-ring (bicyclic) bond motifs is 1. The number of hydrogen-bond donors (Lipinski definition) is 2. The van der Waals surface area contributed by atoms with Gasteiger partial charge in [0.2, 0.25) is 0 Å². The van der Waals surface area contributed by atoms with Crippen molar-refractivity contribution in [3.63, 3.8) is 0 Å². The summed E-state index contributed by atoms with van der Waals surface area (Å²) in [6.07, 6.45) is 2.53. The second-order valence-corrected chi connectivity index (χ2v) is 9.15. The van der Waals surface area contributed by atoms with E-state index in [1.54, 1.807) is 0 Å². The van der Waals surface area contributed by atoms with Gasteiger partial charge in [-0.15, -0.1) is 0 Å². The van der Waals surface area contributed by atoms with Crippen LogP contribution < -0.4 is 10.1 Å². The summed E-state index contributed by atoms with van der Waals surface area (Å²) in [5.74, 6) is 1.07. The standard InChI is InChI=1S/C17H25NO4S/c1-13-4-5-14-15(3-2-8-22-16(14)11-13)18-12-17(19)6-9-23(20,21)10-7-17/h4-5,11,15,18-19H,2-3,6-10,12H2,1H3. The quantitative estimate of drug-likeness (QED) is 0.877. The summed E-state index contributed by atoms with van der Waals surface area (Å²) in [5.41, 5.74) is 1.37. The van der Waals surface area contributed by atoms with Crippen LogP contribution >= 0.6 is 0 Å². The highest BCUT2D eigenvalue weighted by molar-refractivity contribution is 7.91. The molecule has 1 atom stereocenters. The lowest BCUT2D eigenvalue weighted by molar-refractivity contribution is 0.0276. The molecule has 128 valence electrons. The van der Waals surface area contributed by atoms with Gasteiger partial charge in [-0.3, -0.25) is 0 Å². The van der Waals surface area contributed by atoms with Gasteiger partial charge in [-0.2, -0.15) is 0 Å². The summed E-state index contributed by atoms with van der Waals surface area (Å²) >= 11 is 0. The molecule has 0 radical (unpaired) electrons. The minimum Gasteiger partial charge on any atom is -0.493 e. The summed E-state index contributed by atoms with van der Waals surface area (Å²) in [6.45, 7) is 3.17. The van der Waals surface area contributed by atoms with Crippen LogP contribution in [0.4, 0.5) is 0 Å². The topological polar surface area (TPSA) is 75.6 Å². The van der Waals surface area contributed by atoms with Crippen molar-refractivity contribution in [2.75, 3.05) is 24.7 Å². The van der Waals surface area contributed by atoms with Gasteiger partial charge in [0.05, 0.1) is 23.7 Å². The highest BCUT2D eigenvalue weighted by Gasteiger charge is 2.36. The molecule has 3 rings (SSSR count). The lowest BCUT2D eigenvalue weighted by Gasteiger charge is -2.33. The Morgan fingerprint density at radius 3 is 2.83 bits per heavy atom. The molecule has 23 heavy (non-hydrogen) atoms. The van der Waals surface area contributed by atoms with E-state index in [4.69, 9.17) is 4.74 Å². The van der Waals surface area contributed by atoms with Crippen LogP contribution in [0.2, 0.25) is 0 Å². The Bertz CT molecular complexity index is 657. The molecule has 0 spiro atoms. The van der Waals surface area contributed by atoms with E-state index >= 15 is 0 Å². The number of nitrogens with one attached hydrogen (secondary N) is 1. The first-order valence-corrected chi connectivity index (χ1v) is 10.1. The minimum atomic E-state index is -2.96. The first-order chi connectivity index (χ1) is 10.9. The maximum Gasteiger partial charge on any atom is 0.150 e. The highest BCUT2D eigenvalue weighted by atomic mass is 32.2. The third-order valence-corrected chi connectivity index (χ3v) is 6.53. The SMILES string of the molecule is Cc1ccc2c(c1)OCCCC2NCC1(O)CCS(=O)(=O)CC1. The van der Waals surface area contributed by atoms with Gasteiger partial charge in [-0.1, -0.05) is 12.1 Å². The minimum absolute atomic E-state index is 0.0781. The van der Waals surface area contributed by atoms with E-state index in [9.17, 15) is 13.5 Å². The predicted octanol–water partition coefficient (Wildman–Crippen LogP) is 1.74. The van der Waals surface area contributed by atoms with Crippen molar-refractivity contribution in [3.8, 4) is 5.75 Å². The number of rotatable bonds is 3. The molecule has 2 N–H and O–H groups in total. The van der Waals surface area contributed by atoms with Gasteiger partial charge in [-0.25, -0.2) is 8.42 Å². The molecule has 1 aromatic carbocycles. The van der Waals surface area contributed by atoms with Gasteiger partial charge in [0, 0.05) is 18.2 Å². The van der Waals surface area contributed by atoms with Gasteiger partial charge in [0.25, 0.3) is 0 Å². The van der Waals surface area contributed by atoms with E-state index in [2.05, 4.69) is 23.5 Å². The van der Waals surface area contributed by atoms with Crippen LogP contribution in [-0.2, 0) is 9.84 Å². The first-order valence-electron chi connectivity index (χ1n) is 8.26. The summed E-state index contributed by atoms with van der Waals surface area (Å²) in [5, 5.41) is 14.1. The van der Waals surface area contributed by atoms with Crippen LogP contribution in [0.15, 0.2) is 18.2 Å². The molecule has 2 aliphatic rings. The molecule has 0 bridgehead atoms. The lowest BCUT2D eigenvalue weighted by atomic mass is 9.94. The Labute approximate surface area is 138 Å². The number of sulfone groups is 1. The molecule has 1 aromatic rings. The fourth-order valence-corrected chi connectivity index (χ4v) is 4.89. The van der Waals surface area contributed by atoms with Crippen LogP contribution in [-0.4, -0.2) is 43.8 Å². The molecular formula is C17H25NO4S. The molecular weight excluding hydrogens is 314 g/mol. The Balaban J connectivity index is 1.69. The molecule has 2 heterocycles. The predicted molar refractivity (Wildman–Crippen MR) is 89.5 cm³/mol. The molecule has 1 fully saturated rings. The molecule has 0 aliphatic carbocycles. The van der Waals surface area contributed by atoms with Gasteiger partial charge in [-0.05, 0) is 44.2 Å². The third-order valence-electron chi connectivity index (χ3n) is 4.87. The number of hydrogen-bond acceptors (Lipinski definition) is 5. The summed E-state index contributed by atoms with van der Waals surface area (Å²) < 4.78 is 28.9. The summed E-state index contributed by atoms with van der Waals surface area (Å²) in [4.78, 5) is 0. The molecule has 2 aliphatic heterocycles. The molecule has 0 saturated carbocycles. The fraction of sp³-hybridized carbons (Fsp3) is 0.647. The summed E-state index contributed by atoms with van der Waals surface area (Å²) in [6, 6.07) is 6.35. The first kappa shape index (κ1) is 16.7. The number of aliphatic hydroxyl groups is 1. The maximum absolute atomic E-state index is 11.5. The lowest BCUT2D eigenvalue weighted by Crippen LogP contribution is -2.47.